The molecular weight excluding hydrogens is 488 g/mol. The fourth-order valence-corrected chi connectivity index (χ4v) is 5.66. The van der Waals surface area contributed by atoms with Crippen molar-refractivity contribution in [3.8, 4) is 23.0 Å². The van der Waals surface area contributed by atoms with Crippen molar-refractivity contribution in [3.63, 3.8) is 0 Å². The minimum Gasteiger partial charge on any atom is -0.454 e. The van der Waals surface area contributed by atoms with E-state index in [-0.39, 0.29) is 19.2 Å². The molecule has 0 aliphatic carbocycles. The molecule has 0 saturated carbocycles. The number of fused-ring (bicyclic) bond motifs is 6. The summed E-state index contributed by atoms with van der Waals surface area (Å²) >= 11 is 0. The molecule has 0 bridgehead atoms. The molecule has 194 valence electrons. The maximum atomic E-state index is 13.4. The summed E-state index contributed by atoms with van der Waals surface area (Å²) in [6.45, 7) is 7.91. The maximum Gasteiger partial charge on any atom is 0.259 e. The third kappa shape index (κ3) is 3.23. The van der Waals surface area contributed by atoms with Gasteiger partial charge >= 0.3 is 0 Å². The van der Waals surface area contributed by atoms with Gasteiger partial charge in [0.15, 0.2) is 23.0 Å². The monoisotopic (exact) mass is 514 g/mol. The number of hydrogen-bond donors (Lipinski definition) is 2. The number of imide groups is 1. The predicted octanol–water partition coefficient (Wildman–Crippen LogP) is 3.49. The maximum absolute atomic E-state index is 13.4. The lowest BCUT2D eigenvalue weighted by molar-refractivity contribution is -0.122. The van der Waals surface area contributed by atoms with E-state index < -0.39 is 11.8 Å². The first kappa shape index (κ1) is 22.7. The molecule has 3 aliphatic heterocycles. The second kappa shape index (κ2) is 8.56. The molecule has 0 radical (unpaired) electrons. The van der Waals surface area contributed by atoms with Crippen LogP contribution in [0.2, 0.25) is 0 Å². The highest BCUT2D eigenvalue weighted by molar-refractivity contribution is 6.51. The molecule has 2 amide bonds. The number of H-pyrrole nitrogens is 1. The van der Waals surface area contributed by atoms with E-state index in [0.717, 1.165) is 36.1 Å². The second-order valence-corrected chi connectivity index (χ2v) is 9.41. The van der Waals surface area contributed by atoms with E-state index in [1.165, 1.54) is 0 Å². The number of nitrogens with one attached hydrogen (secondary N) is 2. The normalized spacial score (nSPS) is 16.1. The van der Waals surface area contributed by atoms with Crippen molar-refractivity contribution in [3.05, 3.63) is 47.8 Å². The molecule has 0 unspecified atom stereocenters. The van der Waals surface area contributed by atoms with Gasteiger partial charge in [0, 0.05) is 36.6 Å². The zero-order chi connectivity index (χ0) is 26.0. The summed E-state index contributed by atoms with van der Waals surface area (Å²) < 4.78 is 25.0. The first-order valence-corrected chi connectivity index (χ1v) is 12.7. The Morgan fingerprint density at radius 1 is 0.842 bits per heavy atom. The summed E-state index contributed by atoms with van der Waals surface area (Å²) in [6.07, 6.45) is 3.69. The highest BCUT2D eigenvalue weighted by atomic mass is 16.7. The number of aromatic nitrogens is 2. The molecule has 7 rings (SSSR count). The Kier molecular flexibility index (Phi) is 5.12. The fraction of sp³-hybridized carbons (Fsp3) is 0.286. The number of rotatable bonds is 7. The van der Waals surface area contributed by atoms with Crippen LogP contribution in [0.4, 0.5) is 0 Å². The van der Waals surface area contributed by atoms with Crippen LogP contribution in [0, 0.1) is 0 Å². The summed E-state index contributed by atoms with van der Waals surface area (Å²) in [5.41, 5.74) is 3.47. The summed E-state index contributed by atoms with van der Waals surface area (Å²) in [6, 6.07) is 7.56. The van der Waals surface area contributed by atoms with Gasteiger partial charge in [-0.3, -0.25) is 14.9 Å². The Bertz CT molecular complexity index is 1680. The van der Waals surface area contributed by atoms with Crippen molar-refractivity contribution >= 4 is 44.8 Å². The molecule has 3 aliphatic rings. The average Bonchev–Trinajstić information content (AvgIpc) is 3.73. The third-order valence-electron chi connectivity index (χ3n) is 7.58. The van der Waals surface area contributed by atoms with E-state index in [1.54, 1.807) is 6.20 Å². The molecule has 2 N–H and O–H groups in total. The first-order chi connectivity index (χ1) is 18.6. The van der Waals surface area contributed by atoms with Crippen molar-refractivity contribution in [1.29, 1.82) is 0 Å². The van der Waals surface area contributed by atoms with Gasteiger partial charge in [-0.25, -0.2) is 0 Å². The number of carbonyl (C=O) groups is 2. The lowest BCUT2D eigenvalue weighted by atomic mass is 9.95. The van der Waals surface area contributed by atoms with Gasteiger partial charge in [0.1, 0.15) is 0 Å². The predicted molar refractivity (Wildman–Crippen MR) is 140 cm³/mol. The van der Waals surface area contributed by atoms with Crippen LogP contribution in [0.1, 0.15) is 25.0 Å². The molecule has 10 nitrogen and oxygen atoms in total. The molecule has 10 heteroatoms. The van der Waals surface area contributed by atoms with Gasteiger partial charge in [-0.15, -0.1) is 0 Å². The van der Waals surface area contributed by atoms with E-state index in [0.29, 0.717) is 51.6 Å². The zero-order valence-corrected chi connectivity index (χ0v) is 21.1. The van der Waals surface area contributed by atoms with Crippen molar-refractivity contribution < 1.29 is 28.5 Å². The van der Waals surface area contributed by atoms with Crippen molar-refractivity contribution in [2.45, 2.75) is 20.4 Å². The molecule has 0 spiro atoms. The first-order valence-electron chi connectivity index (χ1n) is 12.7. The number of ether oxygens (including phenoxy) is 4. The molecule has 5 heterocycles. The number of likely N-dealkylation sites (N-methyl/N-ethyl adjacent to an activating group) is 1. The quantitative estimate of drug-likeness (QED) is 0.364. The Hall–Kier alpha value is -4.44. The summed E-state index contributed by atoms with van der Waals surface area (Å²) in [7, 11) is 0. The van der Waals surface area contributed by atoms with Gasteiger partial charge in [-0.05, 0) is 37.4 Å². The molecule has 38 heavy (non-hydrogen) atoms. The van der Waals surface area contributed by atoms with Crippen LogP contribution in [0.15, 0.2) is 36.7 Å². The SMILES string of the molecule is CCN(CC)CCn1cc(C2=C(c3c[nH]c4ccc5c(c34)OCO5)C(=O)NC2=O)c2c3c(ccc21)OCO3. The highest BCUT2D eigenvalue weighted by Gasteiger charge is 2.37. The van der Waals surface area contributed by atoms with Crippen LogP contribution in [0.5, 0.6) is 23.0 Å². The smallest absolute Gasteiger partial charge is 0.259 e. The Morgan fingerprint density at radius 2 is 1.50 bits per heavy atom. The minimum atomic E-state index is -0.462. The van der Waals surface area contributed by atoms with Gasteiger partial charge in [0.25, 0.3) is 11.8 Å². The third-order valence-corrected chi connectivity index (χ3v) is 7.58. The summed E-state index contributed by atoms with van der Waals surface area (Å²) in [5, 5.41) is 3.97. The number of amides is 2. The molecule has 0 atom stereocenters. The molecule has 0 saturated heterocycles. The molecule has 4 aromatic rings. The number of hydrogen-bond acceptors (Lipinski definition) is 7. The van der Waals surface area contributed by atoms with Crippen LogP contribution in [0.25, 0.3) is 33.0 Å². The van der Waals surface area contributed by atoms with Gasteiger partial charge in [0.2, 0.25) is 13.6 Å². The largest absolute Gasteiger partial charge is 0.454 e. The van der Waals surface area contributed by atoms with E-state index in [2.05, 4.69) is 33.6 Å². The number of nitrogens with zero attached hydrogens (tertiary/aromatic N) is 2. The highest BCUT2D eigenvalue weighted by Crippen LogP contribution is 2.48. The lowest BCUT2D eigenvalue weighted by Crippen LogP contribution is -2.26. The topological polar surface area (TPSA) is 107 Å². The lowest BCUT2D eigenvalue weighted by Gasteiger charge is -2.18. The van der Waals surface area contributed by atoms with Crippen LogP contribution in [-0.2, 0) is 16.1 Å². The standard InChI is InChI=1S/C28H26N4O6/c1-3-31(4-2)9-10-32-12-16(22-18(32)6-8-20-26(22)38-14-36-20)24-23(27(33)30-28(24)34)15-11-29-17-5-7-19-25(21(15)17)37-13-35-19/h5-8,11-12,29H,3-4,9-10,13-14H2,1-2H3,(H,30,33,34). The summed E-state index contributed by atoms with van der Waals surface area (Å²) in [5.74, 6) is 1.43. The molecular formula is C28H26N4O6. The van der Waals surface area contributed by atoms with E-state index in [4.69, 9.17) is 18.9 Å². The van der Waals surface area contributed by atoms with Crippen LogP contribution in [-0.4, -0.2) is 59.5 Å². The molecule has 2 aromatic heterocycles. The van der Waals surface area contributed by atoms with Crippen LogP contribution in [0.3, 0.4) is 0 Å². The van der Waals surface area contributed by atoms with Crippen LogP contribution >= 0.6 is 0 Å². The van der Waals surface area contributed by atoms with Gasteiger partial charge < -0.3 is 33.4 Å². The number of carbonyl (C=O) groups excluding carboxylic acids is 2. The Balaban J connectivity index is 1.47. The second-order valence-electron chi connectivity index (χ2n) is 9.41. The van der Waals surface area contributed by atoms with E-state index in [1.807, 2.05) is 30.5 Å². The number of benzene rings is 2. The van der Waals surface area contributed by atoms with Crippen LogP contribution < -0.4 is 24.3 Å². The minimum absolute atomic E-state index is 0.0968. The van der Waals surface area contributed by atoms with Gasteiger partial charge in [0.05, 0.1) is 33.0 Å². The average molecular weight is 515 g/mol. The Morgan fingerprint density at radius 3 is 2.21 bits per heavy atom. The number of aromatic amines is 1. The van der Waals surface area contributed by atoms with E-state index >= 15 is 0 Å². The van der Waals surface area contributed by atoms with Gasteiger partial charge in [-0.1, -0.05) is 13.8 Å². The van der Waals surface area contributed by atoms with Crippen molar-refractivity contribution in [2.24, 2.45) is 0 Å². The van der Waals surface area contributed by atoms with E-state index in [9.17, 15) is 9.59 Å². The molecule has 2 aromatic carbocycles. The van der Waals surface area contributed by atoms with Crippen molar-refractivity contribution in [2.75, 3.05) is 33.2 Å². The van der Waals surface area contributed by atoms with Crippen molar-refractivity contribution in [1.82, 2.24) is 19.8 Å². The Labute approximate surface area is 217 Å². The fourth-order valence-electron chi connectivity index (χ4n) is 5.66. The summed E-state index contributed by atoms with van der Waals surface area (Å²) in [4.78, 5) is 32.3. The zero-order valence-electron chi connectivity index (χ0n) is 21.1. The molecule has 0 fully saturated rings. The van der Waals surface area contributed by atoms with Gasteiger partial charge in [-0.2, -0.15) is 0 Å².